The minimum Gasteiger partial charge on any atom is -0.355 e. The summed E-state index contributed by atoms with van der Waals surface area (Å²) in [7, 11) is 0. The Morgan fingerprint density at radius 1 is 0.545 bits per heavy atom. The van der Waals surface area contributed by atoms with Gasteiger partial charge in [-0.05, 0) is 24.3 Å². The molecular formula is C20H14N2. The lowest BCUT2D eigenvalue weighted by atomic mass is 10.1. The van der Waals surface area contributed by atoms with Crippen molar-refractivity contribution in [3.63, 3.8) is 0 Å². The molecular weight excluding hydrogens is 268 g/mol. The van der Waals surface area contributed by atoms with Crippen LogP contribution in [-0.2, 0) is 0 Å². The third-order valence-electron chi connectivity index (χ3n) is 4.35. The van der Waals surface area contributed by atoms with Crippen LogP contribution in [0.25, 0.3) is 44.0 Å². The number of hydrogen-bond donors (Lipinski definition) is 2. The maximum absolute atomic E-state index is 3.51. The number of aromatic nitrogens is 2. The molecule has 0 saturated carbocycles. The van der Waals surface area contributed by atoms with Crippen molar-refractivity contribution in [1.82, 2.24) is 9.97 Å². The lowest BCUT2D eigenvalue weighted by molar-refractivity contribution is 1.45. The van der Waals surface area contributed by atoms with Gasteiger partial charge in [-0.1, -0.05) is 48.5 Å². The first kappa shape index (κ1) is 11.6. The number of rotatable bonds is 1. The number of nitrogens with one attached hydrogen (secondary N) is 2. The number of hydrogen-bond acceptors (Lipinski definition) is 0. The third kappa shape index (κ3) is 1.61. The van der Waals surface area contributed by atoms with E-state index in [1.807, 2.05) is 0 Å². The first-order chi connectivity index (χ1) is 10.9. The van der Waals surface area contributed by atoms with E-state index in [1.54, 1.807) is 0 Å². The molecule has 0 saturated heterocycles. The van der Waals surface area contributed by atoms with Crippen LogP contribution >= 0.6 is 0 Å². The predicted molar refractivity (Wildman–Crippen MR) is 93.1 cm³/mol. The minimum absolute atomic E-state index is 1.15. The van der Waals surface area contributed by atoms with E-state index in [4.69, 9.17) is 0 Å². The summed E-state index contributed by atoms with van der Waals surface area (Å²) in [6.07, 6.45) is 0. The van der Waals surface area contributed by atoms with E-state index in [1.165, 1.54) is 38.3 Å². The van der Waals surface area contributed by atoms with Gasteiger partial charge in [-0.2, -0.15) is 0 Å². The highest BCUT2D eigenvalue weighted by atomic mass is 14.7. The molecule has 2 heteroatoms. The standard InChI is InChI=1S/C20H14N2/c1-3-7-17-13(5-1)11-19(21-17)14-9-10-16-15-6-2-4-8-18(15)22-20(16)12-14/h1-12,21-22H. The van der Waals surface area contributed by atoms with E-state index in [9.17, 15) is 0 Å². The van der Waals surface area contributed by atoms with Crippen molar-refractivity contribution >= 4 is 32.7 Å². The van der Waals surface area contributed by atoms with Crippen molar-refractivity contribution in [2.24, 2.45) is 0 Å². The third-order valence-corrected chi connectivity index (χ3v) is 4.35. The zero-order chi connectivity index (χ0) is 14.5. The first-order valence-corrected chi connectivity index (χ1v) is 7.47. The molecule has 2 aromatic heterocycles. The summed E-state index contributed by atoms with van der Waals surface area (Å²) < 4.78 is 0. The SMILES string of the molecule is c1ccc2[nH]c(-c3ccc4c(c3)[nH]c3ccccc34)cc2c1. The maximum atomic E-state index is 3.51. The van der Waals surface area contributed by atoms with E-state index >= 15 is 0 Å². The van der Waals surface area contributed by atoms with E-state index in [0.29, 0.717) is 0 Å². The van der Waals surface area contributed by atoms with Crippen LogP contribution in [0.15, 0.2) is 72.8 Å². The Morgan fingerprint density at radius 2 is 1.32 bits per heavy atom. The van der Waals surface area contributed by atoms with Gasteiger partial charge in [0.15, 0.2) is 0 Å². The lowest BCUT2D eigenvalue weighted by Crippen LogP contribution is -1.77. The van der Waals surface area contributed by atoms with Gasteiger partial charge in [-0.15, -0.1) is 0 Å². The Kier molecular flexibility index (Phi) is 2.25. The maximum Gasteiger partial charge on any atom is 0.0471 e. The van der Waals surface area contributed by atoms with Crippen molar-refractivity contribution in [3.05, 3.63) is 72.8 Å². The quantitative estimate of drug-likeness (QED) is 0.408. The van der Waals surface area contributed by atoms with Crippen LogP contribution in [0.5, 0.6) is 0 Å². The second-order valence-corrected chi connectivity index (χ2v) is 5.70. The average molecular weight is 282 g/mol. The topological polar surface area (TPSA) is 31.6 Å². The molecule has 2 nitrogen and oxygen atoms in total. The normalized spacial score (nSPS) is 11.6. The molecule has 3 aromatic carbocycles. The van der Waals surface area contributed by atoms with Crippen LogP contribution in [-0.4, -0.2) is 9.97 Å². The molecule has 104 valence electrons. The monoisotopic (exact) mass is 282 g/mol. The Balaban J connectivity index is 1.75. The van der Waals surface area contributed by atoms with Crippen molar-refractivity contribution in [1.29, 1.82) is 0 Å². The van der Waals surface area contributed by atoms with Gasteiger partial charge in [-0.3, -0.25) is 0 Å². The van der Waals surface area contributed by atoms with Crippen molar-refractivity contribution in [3.8, 4) is 11.3 Å². The van der Waals surface area contributed by atoms with Gasteiger partial charge in [0.05, 0.1) is 0 Å². The van der Waals surface area contributed by atoms with Crippen LogP contribution in [0.3, 0.4) is 0 Å². The highest BCUT2D eigenvalue weighted by Crippen LogP contribution is 2.30. The summed E-state index contributed by atoms with van der Waals surface area (Å²) in [5.74, 6) is 0. The van der Waals surface area contributed by atoms with Gasteiger partial charge >= 0.3 is 0 Å². The Bertz CT molecular complexity index is 1100. The molecule has 0 atom stereocenters. The van der Waals surface area contributed by atoms with Gasteiger partial charge < -0.3 is 9.97 Å². The smallest absolute Gasteiger partial charge is 0.0471 e. The van der Waals surface area contributed by atoms with Gasteiger partial charge in [-0.25, -0.2) is 0 Å². The minimum atomic E-state index is 1.15. The summed E-state index contributed by atoms with van der Waals surface area (Å²) in [6, 6.07) is 25.6. The molecule has 0 spiro atoms. The predicted octanol–water partition coefficient (Wildman–Crippen LogP) is 5.47. The Labute approximate surface area is 127 Å². The molecule has 0 unspecified atom stereocenters. The fourth-order valence-electron chi connectivity index (χ4n) is 3.25. The highest BCUT2D eigenvalue weighted by molar-refractivity contribution is 6.08. The zero-order valence-electron chi connectivity index (χ0n) is 11.9. The molecule has 2 heterocycles. The summed E-state index contributed by atoms with van der Waals surface area (Å²) in [6.45, 7) is 0. The van der Waals surface area contributed by atoms with Gasteiger partial charge in [0.25, 0.3) is 0 Å². The lowest BCUT2D eigenvalue weighted by Gasteiger charge is -1.98. The average Bonchev–Trinajstić information content (AvgIpc) is 3.15. The second kappa shape index (κ2) is 4.25. The number of fused-ring (bicyclic) bond motifs is 4. The summed E-state index contributed by atoms with van der Waals surface area (Å²) >= 11 is 0. The molecule has 2 N–H and O–H groups in total. The fraction of sp³-hybridized carbons (Fsp3) is 0. The van der Waals surface area contributed by atoms with Crippen LogP contribution in [0.1, 0.15) is 0 Å². The molecule has 0 radical (unpaired) electrons. The molecule has 5 rings (SSSR count). The van der Waals surface area contributed by atoms with E-state index < -0.39 is 0 Å². The van der Waals surface area contributed by atoms with Gasteiger partial charge in [0, 0.05) is 44.0 Å². The molecule has 0 aliphatic rings. The number of aromatic amines is 2. The first-order valence-electron chi connectivity index (χ1n) is 7.47. The number of para-hydroxylation sites is 2. The molecule has 0 amide bonds. The Hall–Kier alpha value is -3.00. The van der Waals surface area contributed by atoms with E-state index in [-0.39, 0.29) is 0 Å². The zero-order valence-corrected chi connectivity index (χ0v) is 11.9. The van der Waals surface area contributed by atoms with Crippen molar-refractivity contribution in [2.45, 2.75) is 0 Å². The molecule has 0 aliphatic carbocycles. The number of benzene rings is 3. The molecule has 5 aromatic rings. The fourth-order valence-corrected chi connectivity index (χ4v) is 3.25. The van der Waals surface area contributed by atoms with E-state index in [0.717, 1.165) is 5.69 Å². The van der Waals surface area contributed by atoms with Crippen molar-refractivity contribution < 1.29 is 0 Å². The molecule has 0 aliphatic heterocycles. The Morgan fingerprint density at radius 3 is 2.23 bits per heavy atom. The van der Waals surface area contributed by atoms with Gasteiger partial charge in [0.1, 0.15) is 0 Å². The molecule has 0 fully saturated rings. The largest absolute Gasteiger partial charge is 0.355 e. The van der Waals surface area contributed by atoms with Crippen LogP contribution in [0.2, 0.25) is 0 Å². The van der Waals surface area contributed by atoms with E-state index in [2.05, 4.69) is 82.8 Å². The summed E-state index contributed by atoms with van der Waals surface area (Å²) in [5.41, 5.74) is 5.90. The van der Waals surface area contributed by atoms with Gasteiger partial charge in [0.2, 0.25) is 0 Å². The molecule has 0 bridgehead atoms. The summed E-state index contributed by atoms with van der Waals surface area (Å²) in [5, 5.41) is 3.80. The molecule has 22 heavy (non-hydrogen) atoms. The van der Waals surface area contributed by atoms with Crippen molar-refractivity contribution in [2.75, 3.05) is 0 Å². The second-order valence-electron chi connectivity index (χ2n) is 5.70. The number of H-pyrrole nitrogens is 2. The summed E-state index contributed by atoms with van der Waals surface area (Å²) in [4.78, 5) is 7.00. The van der Waals surface area contributed by atoms with Crippen LogP contribution in [0, 0.1) is 0 Å². The van der Waals surface area contributed by atoms with Crippen LogP contribution in [0.4, 0.5) is 0 Å². The van der Waals surface area contributed by atoms with Crippen LogP contribution < -0.4 is 0 Å². The highest BCUT2D eigenvalue weighted by Gasteiger charge is 2.07.